The Balaban J connectivity index is 1.97. The predicted octanol–water partition coefficient (Wildman–Crippen LogP) is 4.51. The van der Waals surface area contributed by atoms with Gasteiger partial charge in [0.25, 0.3) is 0 Å². The first-order chi connectivity index (χ1) is 9.13. The Morgan fingerprint density at radius 1 is 1.05 bits per heavy atom. The molecule has 1 unspecified atom stereocenters. The largest absolute Gasteiger partial charge is 0.255 e. The van der Waals surface area contributed by atoms with Crippen molar-refractivity contribution in [2.45, 2.75) is 5.75 Å². The van der Waals surface area contributed by atoms with E-state index in [0.29, 0.717) is 5.75 Å². The first-order valence-corrected chi connectivity index (χ1v) is 7.86. The topological polar surface area (TPSA) is 17.1 Å². The highest BCUT2D eigenvalue weighted by atomic mass is 79.9. The van der Waals surface area contributed by atoms with Gasteiger partial charge in [0.15, 0.2) is 0 Å². The fraction of sp³-hybridized carbons (Fsp3) is 0.0667. The molecule has 0 saturated heterocycles. The van der Waals surface area contributed by atoms with Gasteiger partial charge in [-0.2, -0.15) is 0 Å². The van der Waals surface area contributed by atoms with Crippen LogP contribution in [0.1, 0.15) is 11.1 Å². The van der Waals surface area contributed by atoms with E-state index in [1.165, 1.54) is 12.1 Å². The van der Waals surface area contributed by atoms with Crippen molar-refractivity contribution in [2.75, 3.05) is 0 Å². The molecule has 0 heterocycles. The van der Waals surface area contributed by atoms with E-state index < -0.39 is 10.8 Å². The van der Waals surface area contributed by atoms with Gasteiger partial charge in [-0.15, -0.1) is 0 Å². The third kappa shape index (κ3) is 4.73. The summed E-state index contributed by atoms with van der Waals surface area (Å²) in [4.78, 5) is 0. The summed E-state index contributed by atoms with van der Waals surface area (Å²) in [6.45, 7) is 0. The monoisotopic (exact) mass is 338 g/mol. The summed E-state index contributed by atoms with van der Waals surface area (Å²) in [6, 6.07) is 13.8. The number of halogens is 2. The van der Waals surface area contributed by atoms with Gasteiger partial charge in [0.05, 0.1) is 16.6 Å². The minimum absolute atomic E-state index is 0.278. The molecule has 0 amide bonds. The van der Waals surface area contributed by atoms with Crippen molar-refractivity contribution in [3.05, 3.63) is 75.4 Å². The van der Waals surface area contributed by atoms with Crippen molar-refractivity contribution in [2.24, 2.45) is 0 Å². The smallest absolute Gasteiger partial charge is 0.123 e. The summed E-state index contributed by atoms with van der Waals surface area (Å²) in [7, 11) is -1.10. The van der Waals surface area contributed by atoms with E-state index in [2.05, 4.69) is 15.9 Å². The van der Waals surface area contributed by atoms with Gasteiger partial charge in [-0.3, -0.25) is 4.21 Å². The second-order valence-corrected chi connectivity index (χ2v) is 6.24. The van der Waals surface area contributed by atoms with Crippen molar-refractivity contribution in [1.82, 2.24) is 0 Å². The van der Waals surface area contributed by atoms with E-state index in [1.54, 1.807) is 17.5 Å². The van der Waals surface area contributed by atoms with Gasteiger partial charge in [-0.05, 0) is 41.5 Å². The SMILES string of the molecule is O=S(/C=C/c1ccc(Br)cc1)Cc1ccc(F)cc1. The quantitative estimate of drug-likeness (QED) is 0.801. The third-order valence-electron chi connectivity index (χ3n) is 2.50. The van der Waals surface area contributed by atoms with Crippen molar-refractivity contribution in [3.63, 3.8) is 0 Å². The van der Waals surface area contributed by atoms with Crippen LogP contribution < -0.4 is 0 Å². The van der Waals surface area contributed by atoms with E-state index in [9.17, 15) is 8.60 Å². The van der Waals surface area contributed by atoms with Crippen LogP contribution in [0.25, 0.3) is 6.08 Å². The number of benzene rings is 2. The first-order valence-electron chi connectivity index (χ1n) is 5.69. The number of hydrogen-bond acceptors (Lipinski definition) is 1. The summed E-state index contributed by atoms with van der Waals surface area (Å²) in [5, 5.41) is 1.66. The van der Waals surface area contributed by atoms with Crippen LogP contribution in [0.2, 0.25) is 0 Å². The first kappa shape index (κ1) is 14.2. The Labute approximate surface area is 122 Å². The zero-order chi connectivity index (χ0) is 13.7. The summed E-state index contributed by atoms with van der Waals surface area (Å²) in [5.74, 6) is 0.118. The Kier molecular flexibility index (Phi) is 5.05. The molecule has 4 heteroatoms. The zero-order valence-corrected chi connectivity index (χ0v) is 12.5. The molecular formula is C15H12BrFOS. The average Bonchev–Trinajstić information content (AvgIpc) is 2.41. The summed E-state index contributed by atoms with van der Waals surface area (Å²) in [5.41, 5.74) is 1.86. The summed E-state index contributed by atoms with van der Waals surface area (Å²) < 4.78 is 25.6. The molecule has 0 bridgehead atoms. The van der Waals surface area contributed by atoms with Crippen molar-refractivity contribution < 1.29 is 8.60 Å². The molecule has 0 fully saturated rings. The molecule has 1 atom stereocenters. The second kappa shape index (κ2) is 6.78. The average molecular weight is 339 g/mol. The van der Waals surface area contributed by atoms with E-state index in [0.717, 1.165) is 15.6 Å². The van der Waals surface area contributed by atoms with Gasteiger partial charge < -0.3 is 0 Å². The molecule has 0 saturated carbocycles. The van der Waals surface area contributed by atoms with E-state index in [-0.39, 0.29) is 5.82 Å². The van der Waals surface area contributed by atoms with Crippen LogP contribution in [0.15, 0.2) is 58.4 Å². The van der Waals surface area contributed by atoms with E-state index in [1.807, 2.05) is 30.3 Å². The van der Waals surface area contributed by atoms with Crippen LogP contribution in [0.3, 0.4) is 0 Å². The molecule has 0 spiro atoms. The molecule has 0 aliphatic rings. The Bertz CT molecular complexity index is 591. The van der Waals surface area contributed by atoms with Gasteiger partial charge >= 0.3 is 0 Å². The molecule has 1 nitrogen and oxygen atoms in total. The standard InChI is InChI=1S/C15H12BrFOS/c16-14-5-1-12(2-6-14)9-10-19(18)11-13-3-7-15(17)8-4-13/h1-10H,11H2/b10-9+. The second-order valence-electron chi connectivity index (χ2n) is 4.01. The van der Waals surface area contributed by atoms with Crippen LogP contribution in [0.4, 0.5) is 4.39 Å². The third-order valence-corrected chi connectivity index (χ3v) is 4.09. The van der Waals surface area contributed by atoms with Gasteiger partial charge in [-0.1, -0.05) is 40.2 Å². The molecule has 0 aromatic heterocycles. The van der Waals surface area contributed by atoms with Gasteiger partial charge in [-0.25, -0.2) is 4.39 Å². The number of hydrogen-bond donors (Lipinski definition) is 0. The highest BCUT2D eigenvalue weighted by Crippen LogP contribution is 2.12. The Morgan fingerprint density at radius 2 is 1.68 bits per heavy atom. The van der Waals surface area contributed by atoms with E-state index >= 15 is 0 Å². The van der Waals surface area contributed by atoms with Crippen LogP contribution in [0, 0.1) is 5.82 Å². The predicted molar refractivity (Wildman–Crippen MR) is 81.4 cm³/mol. The molecule has 0 aliphatic carbocycles. The fourth-order valence-corrected chi connectivity index (χ4v) is 2.71. The van der Waals surface area contributed by atoms with E-state index in [4.69, 9.17) is 0 Å². The highest BCUT2D eigenvalue weighted by molar-refractivity contribution is 9.10. The lowest BCUT2D eigenvalue weighted by Gasteiger charge is -1.98. The van der Waals surface area contributed by atoms with Crippen molar-refractivity contribution >= 4 is 32.8 Å². The molecule has 2 aromatic rings. The van der Waals surface area contributed by atoms with Gasteiger partial charge in [0.1, 0.15) is 5.82 Å². The lowest BCUT2D eigenvalue weighted by Crippen LogP contribution is -1.91. The maximum absolute atomic E-state index is 12.7. The summed E-state index contributed by atoms with van der Waals surface area (Å²) in [6.07, 6.45) is 1.83. The Hall–Kier alpha value is -1.26. The summed E-state index contributed by atoms with van der Waals surface area (Å²) >= 11 is 3.36. The van der Waals surface area contributed by atoms with Crippen molar-refractivity contribution in [3.8, 4) is 0 Å². The molecule has 2 rings (SSSR count). The maximum atomic E-state index is 12.7. The van der Waals surface area contributed by atoms with Gasteiger partial charge in [0.2, 0.25) is 0 Å². The molecule has 98 valence electrons. The minimum Gasteiger partial charge on any atom is -0.255 e. The maximum Gasteiger partial charge on any atom is 0.123 e. The fourth-order valence-electron chi connectivity index (χ4n) is 1.52. The Morgan fingerprint density at radius 3 is 2.32 bits per heavy atom. The van der Waals surface area contributed by atoms with Crippen LogP contribution in [0.5, 0.6) is 0 Å². The lowest BCUT2D eigenvalue weighted by molar-refractivity contribution is 0.627. The molecule has 19 heavy (non-hydrogen) atoms. The molecule has 0 N–H and O–H groups in total. The van der Waals surface area contributed by atoms with Crippen LogP contribution in [-0.4, -0.2) is 4.21 Å². The van der Waals surface area contributed by atoms with Crippen LogP contribution >= 0.6 is 15.9 Å². The molecular weight excluding hydrogens is 327 g/mol. The molecule has 2 aromatic carbocycles. The highest BCUT2D eigenvalue weighted by Gasteiger charge is 1.98. The molecule has 0 aliphatic heterocycles. The lowest BCUT2D eigenvalue weighted by atomic mass is 10.2. The van der Waals surface area contributed by atoms with Crippen LogP contribution in [-0.2, 0) is 16.6 Å². The zero-order valence-electron chi connectivity index (χ0n) is 10.1. The number of rotatable bonds is 4. The normalized spacial score (nSPS) is 12.7. The van der Waals surface area contributed by atoms with Crippen molar-refractivity contribution in [1.29, 1.82) is 0 Å². The van der Waals surface area contributed by atoms with Gasteiger partial charge in [0, 0.05) is 9.88 Å². The minimum atomic E-state index is -1.10. The molecule has 0 radical (unpaired) electrons.